The number of halogens is 1. The fourth-order valence-corrected chi connectivity index (χ4v) is 4.38. The van der Waals surface area contributed by atoms with Crippen molar-refractivity contribution in [2.24, 2.45) is 5.41 Å². The van der Waals surface area contributed by atoms with Crippen LogP contribution in [0.5, 0.6) is 0 Å². The minimum Gasteiger partial charge on any atom is -0.157 e. The molecule has 88 valence electrons. The molecular formula is C14H19BrS. The smallest absolute Gasteiger partial charge is 0.0184 e. The first kappa shape index (κ1) is 12.5. The normalized spacial score (nSPS) is 17.4. The van der Waals surface area contributed by atoms with Gasteiger partial charge in [0.1, 0.15) is 0 Å². The van der Waals surface area contributed by atoms with Crippen LogP contribution in [0.3, 0.4) is 0 Å². The minimum absolute atomic E-state index is 0.642. The Morgan fingerprint density at radius 3 is 2.31 bits per heavy atom. The van der Waals surface area contributed by atoms with Gasteiger partial charge in [-0.05, 0) is 37.7 Å². The molecule has 0 spiro atoms. The highest BCUT2D eigenvalue weighted by atomic mass is 79.9. The zero-order valence-electron chi connectivity index (χ0n) is 10.1. The molecule has 0 N–H and O–H groups in total. The minimum atomic E-state index is 0.642. The second-order valence-corrected chi connectivity index (χ2v) is 6.67. The Labute approximate surface area is 111 Å². The van der Waals surface area contributed by atoms with Gasteiger partial charge in [0.05, 0.1) is 0 Å². The molecule has 1 aliphatic rings. The van der Waals surface area contributed by atoms with E-state index < -0.39 is 0 Å². The maximum atomic E-state index is 3.63. The van der Waals surface area contributed by atoms with Crippen LogP contribution < -0.4 is 0 Å². The van der Waals surface area contributed by atoms with Gasteiger partial charge < -0.3 is 0 Å². The molecule has 1 aromatic carbocycles. The van der Waals surface area contributed by atoms with Crippen molar-refractivity contribution in [3.05, 3.63) is 34.9 Å². The Morgan fingerprint density at radius 1 is 1.19 bits per heavy atom. The molecule has 1 saturated carbocycles. The van der Waals surface area contributed by atoms with Crippen molar-refractivity contribution in [3.63, 3.8) is 0 Å². The van der Waals surface area contributed by atoms with E-state index in [-0.39, 0.29) is 0 Å². The molecule has 1 aromatic rings. The summed E-state index contributed by atoms with van der Waals surface area (Å²) >= 11 is 5.72. The van der Waals surface area contributed by atoms with Gasteiger partial charge in [0, 0.05) is 16.8 Å². The Kier molecular flexibility index (Phi) is 4.01. The third-order valence-electron chi connectivity index (χ3n) is 3.20. The van der Waals surface area contributed by atoms with Crippen molar-refractivity contribution in [2.75, 3.05) is 11.1 Å². The first-order valence-corrected chi connectivity index (χ1v) is 8.12. The third-order valence-corrected chi connectivity index (χ3v) is 5.74. The van der Waals surface area contributed by atoms with Gasteiger partial charge in [0.2, 0.25) is 0 Å². The highest BCUT2D eigenvalue weighted by molar-refractivity contribution is 9.09. The first-order chi connectivity index (χ1) is 7.63. The summed E-state index contributed by atoms with van der Waals surface area (Å²) in [4.78, 5) is 0. The summed E-state index contributed by atoms with van der Waals surface area (Å²) in [6.07, 6.45) is 2.83. The maximum absolute atomic E-state index is 3.63. The highest BCUT2D eigenvalue weighted by Gasteiger charge is 2.40. The largest absolute Gasteiger partial charge is 0.157 e. The second-order valence-electron chi connectivity index (χ2n) is 5.12. The van der Waals surface area contributed by atoms with Crippen molar-refractivity contribution < 1.29 is 0 Å². The topological polar surface area (TPSA) is 0 Å². The van der Waals surface area contributed by atoms with E-state index in [1.165, 1.54) is 40.6 Å². The molecule has 0 radical (unpaired) electrons. The molecule has 0 atom stereocenters. The lowest BCUT2D eigenvalue weighted by Gasteiger charge is -2.11. The second kappa shape index (κ2) is 5.14. The number of alkyl halides is 1. The van der Waals surface area contributed by atoms with Gasteiger partial charge >= 0.3 is 0 Å². The Bertz CT molecular complexity index is 349. The standard InChI is InChI=1S/C14H19BrS/c1-11-5-12(2)7-13(6-11)8-16-10-14(9-15)3-4-14/h5-7H,3-4,8-10H2,1-2H3. The number of benzene rings is 1. The zero-order chi connectivity index (χ0) is 11.6. The zero-order valence-corrected chi connectivity index (χ0v) is 12.5. The summed E-state index contributed by atoms with van der Waals surface area (Å²) in [5.41, 5.74) is 4.89. The fraction of sp³-hybridized carbons (Fsp3) is 0.571. The highest BCUT2D eigenvalue weighted by Crippen LogP contribution is 2.49. The van der Waals surface area contributed by atoms with Crippen LogP contribution in [0.2, 0.25) is 0 Å². The van der Waals surface area contributed by atoms with E-state index in [0.29, 0.717) is 5.41 Å². The van der Waals surface area contributed by atoms with E-state index in [0.717, 1.165) is 5.75 Å². The van der Waals surface area contributed by atoms with Crippen LogP contribution in [0.4, 0.5) is 0 Å². The average Bonchev–Trinajstić information content (AvgIpc) is 2.97. The van der Waals surface area contributed by atoms with E-state index in [4.69, 9.17) is 0 Å². The van der Waals surface area contributed by atoms with Gasteiger partial charge in [-0.2, -0.15) is 11.8 Å². The first-order valence-electron chi connectivity index (χ1n) is 5.84. The molecule has 1 aliphatic carbocycles. The molecular weight excluding hydrogens is 280 g/mol. The van der Waals surface area contributed by atoms with Crippen LogP contribution in [0.15, 0.2) is 18.2 Å². The number of thioether (sulfide) groups is 1. The van der Waals surface area contributed by atoms with Gasteiger partial charge in [0.15, 0.2) is 0 Å². The van der Waals surface area contributed by atoms with Crippen molar-refractivity contribution in [3.8, 4) is 0 Å². The van der Waals surface area contributed by atoms with E-state index >= 15 is 0 Å². The molecule has 0 unspecified atom stereocenters. The molecule has 0 heterocycles. The van der Waals surface area contributed by atoms with E-state index in [1.807, 2.05) is 0 Å². The lowest BCUT2D eigenvalue weighted by atomic mass is 10.1. The maximum Gasteiger partial charge on any atom is 0.0184 e. The molecule has 0 aromatic heterocycles. The van der Waals surface area contributed by atoms with Crippen LogP contribution in [0.25, 0.3) is 0 Å². The van der Waals surface area contributed by atoms with E-state index in [2.05, 4.69) is 59.7 Å². The number of hydrogen-bond donors (Lipinski definition) is 0. The van der Waals surface area contributed by atoms with Crippen molar-refractivity contribution in [2.45, 2.75) is 32.4 Å². The van der Waals surface area contributed by atoms with Crippen LogP contribution in [0.1, 0.15) is 29.5 Å². The van der Waals surface area contributed by atoms with Gasteiger partial charge in [0.25, 0.3) is 0 Å². The van der Waals surface area contributed by atoms with Gasteiger partial charge in [-0.25, -0.2) is 0 Å². The summed E-state index contributed by atoms with van der Waals surface area (Å²) in [5, 5.41) is 1.18. The fourth-order valence-electron chi connectivity index (χ4n) is 2.03. The van der Waals surface area contributed by atoms with Crippen LogP contribution >= 0.6 is 27.7 Å². The number of hydrogen-bond acceptors (Lipinski definition) is 1. The average molecular weight is 299 g/mol. The summed E-state index contributed by atoms with van der Waals surface area (Å²) in [7, 11) is 0. The van der Waals surface area contributed by atoms with Crippen molar-refractivity contribution in [1.82, 2.24) is 0 Å². The van der Waals surface area contributed by atoms with Crippen LogP contribution in [-0.2, 0) is 5.75 Å². The van der Waals surface area contributed by atoms with Gasteiger partial charge in [-0.15, -0.1) is 0 Å². The Hall–Kier alpha value is 0.0500. The molecule has 0 bridgehead atoms. The van der Waals surface area contributed by atoms with Crippen LogP contribution in [-0.4, -0.2) is 11.1 Å². The monoisotopic (exact) mass is 298 g/mol. The number of aryl methyl sites for hydroxylation is 2. The predicted molar refractivity (Wildman–Crippen MR) is 77.5 cm³/mol. The third kappa shape index (κ3) is 3.27. The number of rotatable bonds is 5. The molecule has 16 heavy (non-hydrogen) atoms. The molecule has 2 heteroatoms. The SMILES string of the molecule is Cc1cc(C)cc(CSCC2(CBr)CC2)c1. The predicted octanol–water partition coefficient (Wildman–Crippen LogP) is 4.71. The summed E-state index contributed by atoms with van der Waals surface area (Å²) in [6.45, 7) is 4.37. The molecule has 2 rings (SSSR count). The van der Waals surface area contributed by atoms with Crippen molar-refractivity contribution >= 4 is 27.7 Å². The van der Waals surface area contributed by atoms with Crippen LogP contribution in [0, 0.1) is 19.3 Å². The summed E-state index contributed by atoms with van der Waals surface area (Å²) in [5.74, 6) is 2.47. The van der Waals surface area contributed by atoms with Crippen molar-refractivity contribution in [1.29, 1.82) is 0 Å². The Morgan fingerprint density at radius 2 is 1.81 bits per heavy atom. The molecule has 0 nitrogen and oxygen atoms in total. The lowest BCUT2D eigenvalue weighted by molar-refractivity contribution is 0.686. The quantitative estimate of drug-likeness (QED) is 0.709. The van der Waals surface area contributed by atoms with E-state index in [1.54, 1.807) is 0 Å². The summed E-state index contributed by atoms with van der Waals surface area (Å²) < 4.78 is 0. The summed E-state index contributed by atoms with van der Waals surface area (Å²) in [6, 6.07) is 6.87. The molecule has 0 aliphatic heterocycles. The lowest BCUT2D eigenvalue weighted by Crippen LogP contribution is -2.05. The van der Waals surface area contributed by atoms with Gasteiger partial charge in [-0.1, -0.05) is 45.3 Å². The molecule has 0 saturated heterocycles. The van der Waals surface area contributed by atoms with E-state index in [9.17, 15) is 0 Å². The molecule has 0 amide bonds. The molecule has 1 fully saturated rings. The van der Waals surface area contributed by atoms with Gasteiger partial charge in [-0.3, -0.25) is 0 Å². The Balaban J connectivity index is 1.85.